The lowest BCUT2D eigenvalue weighted by molar-refractivity contribution is 0.0944. The Bertz CT molecular complexity index is 448. The molecule has 0 bridgehead atoms. The number of benzene rings is 1. The monoisotopic (exact) mass is 285 g/mol. The van der Waals surface area contributed by atoms with E-state index >= 15 is 0 Å². The van der Waals surface area contributed by atoms with Gasteiger partial charge in [0.05, 0.1) is 0 Å². The molecule has 4 rings (SSSR count). The highest BCUT2D eigenvalue weighted by Crippen LogP contribution is 2.30. The number of nitrogens with one attached hydrogen (secondary N) is 1. The number of hydrogen-bond donors (Lipinski definition) is 1. The maximum Gasteiger partial charge on any atom is 0.0373 e. The molecule has 1 unspecified atom stereocenters. The van der Waals surface area contributed by atoms with Crippen molar-refractivity contribution in [2.24, 2.45) is 5.92 Å². The van der Waals surface area contributed by atoms with Gasteiger partial charge < -0.3 is 10.2 Å². The zero-order chi connectivity index (χ0) is 14.1. The van der Waals surface area contributed by atoms with Crippen molar-refractivity contribution in [3.05, 3.63) is 29.8 Å². The van der Waals surface area contributed by atoms with E-state index in [1.54, 1.807) is 0 Å². The summed E-state index contributed by atoms with van der Waals surface area (Å²) in [4.78, 5) is 5.41. The fourth-order valence-corrected chi connectivity index (χ4v) is 3.85. The second kappa shape index (κ2) is 5.98. The fraction of sp³-hybridized carbons (Fsp3) is 0.667. The maximum atomic E-state index is 3.67. The van der Waals surface area contributed by atoms with E-state index in [0.29, 0.717) is 6.04 Å². The lowest BCUT2D eigenvalue weighted by Crippen LogP contribution is -2.52. The molecule has 1 saturated carbocycles. The van der Waals surface area contributed by atoms with Crippen LogP contribution in [-0.4, -0.2) is 55.1 Å². The molecule has 3 heteroatoms. The van der Waals surface area contributed by atoms with Crippen molar-refractivity contribution in [2.45, 2.75) is 31.7 Å². The number of rotatable bonds is 3. The van der Waals surface area contributed by atoms with E-state index in [1.807, 2.05) is 0 Å². The van der Waals surface area contributed by atoms with Gasteiger partial charge in [0.1, 0.15) is 0 Å². The molecule has 2 heterocycles. The average Bonchev–Trinajstić information content (AvgIpc) is 3.34. The van der Waals surface area contributed by atoms with Gasteiger partial charge in [0.25, 0.3) is 0 Å². The zero-order valence-electron chi connectivity index (χ0n) is 12.9. The first-order chi connectivity index (χ1) is 10.4. The molecular formula is C18H27N3. The lowest BCUT2D eigenvalue weighted by Gasteiger charge is -2.39. The minimum atomic E-state index is 0.709. The Morgan fingerprint density at radius 3 is 2.62 bits per heavy atom. The molecule has 0 spiro atoms. The Labute approximate surface area is 128 Å². The van der Waals surface area contributed by atoms with Crippen LogP contribution in [0.4, 0.5) is 5.69 Å². The van der Waals surface area contributed by atoms with Gasteiger partial charge in [0.15, 0.2) is 0 Å². The molecule has 0 aromatic heterocycles. The molecule has 1 saturated heterocycles. The topological polar surface area (TPSA) is 18.5 Å². The van der Waals surface area contributed by atoms with Crippen LogP contribution in [0.2, 0.25) is 0 Å². The minimum Gasteiger partial charge on any atom is -0.383 e. The Kier molecular flexibility index (Phi) is 3.87. The molecule has 2 aliphatic heterocycles. The largest absolute Gasteiger partial charge is 0.383 e. The molecule has 1 atom stereocenters. The summed E-state index contributed by atoms with van der Waals surface area (Å²) in [6.45, 7) is 7.55. The Morgan fingerprint density at radius 2 is 1.81 bits per heavy atom. The third-order valence-corrected chi connectivity index (χ3v) is 5.43. The summed E-state index contributed by atoms with van der Waals surface area (Å²) < 4.78 is 0. The second-order valence-electron chi connectivity index (χ2n) is 7.01. The van der Waals surface area contributed by atoms with Crippen molar-refractivity contribution in [1.29, 1.82) is 0 Å². The summed E-state index contributed by atoms with van der Waals surface area (Å²) in [5.74, 6) is 1.03. The second-order valence-corrected chi connectivity index (χ2v) is 7.01. The van der Waals surface area contributed by atoms with E-state index in [0.717, 1.165) is 12.5 Å². The molecule has 0 radical (unpaired) electrons. The Morgan fingerprint density at radius 1 is 1.00 bits per heavy atom. The fourth-order valence-electron chi connectivity index (χ4n) is 3.85. The van der Waals surface area contributed by atoms with Gasteiger partial charge in [-0.15, -0.1) is 0 Å². The van der Waals surface area contributed by atoms with Crippen LogP contribution in [0.5, 0.6) is 0 Å². The molecule has 114 valence electrons. The van der Waals surface area contributed by atoms with Crippen molar-refractivity contribution in [2.75, 3.05) is 44.6 Å². The molecule has 1 aromatic carbocycles. The SMILES string of the molecule is c1ccc2c(c1)CCC(N1CCN(CC3CC3)CC1)CN2. The summed E-state index contributed by atoms with van der Waals surface area (Å²) in [6, 6.07) is 9.52. The van der Waals surface area contributed by atoms with Gasteiger partial charge in [-0.05, 0) is 43.2 Å². The first-order valence-corrected chi connectivity index (χ1v) is 8.67. The van der Waals surface area contributed by atoms with Crippen molar-refractivity contribution >= 4 is 5.69 Å². The average molecular weight is 285 g/mol. The number of hydrogen-bond acceptors (Lipinski definition) is 3. The number of nitrogens with zero attached hydrogens (tertiary/aromatic N) is 2. The predicted octanol–water partition coefficient (Wildman–Crippen LogP) is 2.44. The van der Waals surface area contributed by atoms with Gasteiger partial charge in [-0.2, -0.15) is 0 Å². The highest BCUT2D eigenvalue weighted by Gasteiger charge is 2.29. The van der Waals surface area contributed by atoms with Crippen LogP contribution < -0.4 is 5.32 Å². The van der Waals surface area contributed by atoms with E-state index in [4.69, 9.17) is 0 Å². The summed E-state index contributed by atoms with van der Waals surface area (Å²) in [7, 11) is 0. The van der Waals surface area contributed by atoms with E-state index in [1.165, 1.54) is 69.7 Å². The normalized spacial score (nSPS) is 27.7. The van der Waals surface area contributed by atoms with E-state index < -0.39 is 0 Å². The maximum absolute atomic E-state index is 3.67. The van der Waals surface area contributed by atoms with Gasteiger partial charge in [-0.3, -0.25) is 4.90 Å². The summed E-state index contributed by atoms with van der Waals surface area (Å²) in [5, 5.41) is 3.67. The van der Waals surface area contributed by atoms with Crippen LogP contribution in [0.3, 0.4) is 0 Å². The molecule has 3 nitrogen and oxygen atoms in total. The zero-order valence-corrected chi connectivity index (χ0v) is 12.9. The van der Waals surface area contributed by atoms with Gasteiger partial charge in [0.2, 0.25) is 0 Å². The summed E-state index contributed by atoms with van der Waals surface area (Å²) in [5.41, 5.74) is 2.85. The molecule has 3 aliphatic rings. The van der Waals surface area contributed by atoms with Gasteiger partial charge in [-0.25, -0.2) is 0 Å². The van der Waals surface area contributed by atoms with Crippen LogP contribution in [0.1, 0.15) is 24.8 Å². The smallest absolute Gasteiger partial charge is 0.0373 e. The van der Waals surface area contributed by atoms with Crippen molar-refractivity contribution in [1.82, 2.24) is 9.80 Å². The number of anilines is 1. The Hall–Kier alpha value is -1.06. The highest BCUT2D eigenvalue weighted by atomic mass is 15.3. The number of para-hydroxylation sites is 1. The third kappa shape index (κ3) is 3.24. The molecule has 1 aromatic rings. The quantitative estimate of drug-likeness (QED) is 0.920. The molecule has 2 fully saturated rings. The predicted molar refractivity (Wildman–Crippen MR) is 87.8 cm³/mol. The van der Waals surface area contributed by atoms with Crippen LogP contribution in [0.25, 0.3) is 0 Å². The lowest BCUT2D eigenvalue weighted by atomic mass is 10.0. The van der Waals surface area contributed by atoms with Crippen LogP contribution in [0, 0.1) is 5.92 Å². The van der Waals surface area contributed by atoms with Gasteiger partial charge >= 0.3 is 0 Å². The van der Waals surface area contributed by atoms with Crippen LogP contribution in [0.15, 0.2) is 24.3 Å². The van der Waals surface area contributed by atoms with Crippen LogP contribution >= 0.6 is 0 Å². The molecule has 0 amide bonds. The van der Waals surface area contributed by atoms with E-state index in [9.17, 15) is 0 Å². The highest BCUT2D eigenvalue weighted by molar-refractivity contribution is 5.52. The molecular weight excluding hydrogens is 258 g/mol. The molecule has 21 heavy (non-hydrogen) atoms. The number of aryl methyl sites for hydroxylation is 1. The van der Waals surface area contributed by atoms with Crippen molar-refractivity contribution < 1.29 is 0 Å². The first-order valence-electron chi connectivity index (χ1n) is 8.67. The Balaban J connectivity index is 1.31. The van der Waals surface area contributed by atoms with E-state index in [-0.39, 0.29) is 0 Å². The van der Waals surface area contributed by atoms with E-state index in [2.05, 4.69) is 39.4 Å². The minimum absolute atomic E-state index is 0.709. The number of piperazine rings is 1. The van der Waals surface area contributed by atoms with Crippen molar-refractivity contribution in [3.8, 4) is 0 Å². The van der Waals surface area contributed by atoms with Gasteiger partial charge in [0, 0.05) is 51.0 Å². The van der Waals surface area contributed by atoms with Crippen molar-refractivity contribution in [3.63, 3.8) is 0 Å². The van der Waals surface area contributed by atoms with Gasteiger partial charge in [-0.1, -0.05) is 18.2 Å². The summed E-state index contributed by atoms with van der Waals surface area (Å²) in [6.07, 6.45) is 5.47. The third-order valence-electron chi connectivity index (χ3n) is 5.43. The van der Waals surface area contributed by atoms with Crippen LogP contribution in [-0.2, 0) is 6.42 Å². The summed E-state index contributed by atoms with van der Waals surface area (Å²) >= 11 is 0. The standard InChI is InChI=1S/C18H27N3/c1-2-4-18-16(3-1)7-8-17(13-19-18)21-11-9-20(10-12-21)14-15-5-6-15/h1-4,15,17,19H,5-14H2. The molecule has 1 N–H and O–H groups in total. The number of fused-ring (bicyclic) bond motifs is 1. The first kappa shape index (κ1) is 13.6. The molecule has 1 aliphatic carbocycles.